The van der Waals surface area contributed by atoms with E-state index >= 15 is 0 Å². The van der Waals surface area contributed by atoms with Gasteiger partial charge in [0.05, 0.1) is 47.4 Å². The third kappa shape index (κ3) is 36.0. The number of methoxy groups -OCH3 is 5. The summed E-state index contributed by atoms with van der Waals surface area (Å²) < 4.78 is 28.7. The first kappa shape index (κ1) is 101. The van der Waals surface area contributed by atoms with Crippen molar-refractivity contribution in [3.63, 3.8) is 0 Å². The van der Waals surface area contributed by atoms with Crippen LogP contribution in [0.25, 0.3) is 42.5 Å². The van der Waals surface area contributed by atoms with E-state index in [1.807, 2.05) is 318 Å². The highest BCUT2D eigenvalue weighted by atomic mass is 16.5. The standard InChI is InChI=1S/C22H24O4.2C17H16O.C16H16.3C11H12O2.C10H10O2/c1-13-5-9-15(10-6-13)17-19(21(23)25-3)18(20(17)22(24)26-4)16-11-7-14(2)8-12-16;2*1-13-3-7-15(8-4-13)9-12-17(18)16-10-5-14(2)6-11-16;1-13-3-7-15(8-4-13)11-12-16-9-5-14(2)6-10-16;3*1-9-3-5-10(6-4-9)7-8-11(12)13-2;1-7-2-3-8-4-5-10(11)12-9(8)6-7/h5-12,17-20H,1-4H3;2*3-12H,1-2H3;3-12H,1-2H3;3*3-8H,1-2H3;2-6,8-9H,1H3/b;2*12-9+;12-11+;2*8-7+;8-7-;. The van der Waals surface area contributed by atoms with Crippen LogP contribution < -0.4 is 0 Å². The summed E-state index contributed by atoms with van der Waals surface area (Å²) in [5.41, 5.74) is 25.3. The van der Waals surface area contributed by atoms with E-state index in [0.717, 1.165) is 77.9 Å². The van der Waals surface area contributed by atoms with Gasteiger partial charge in [-0.05, 0) is 170 Å². The van der Waals surface area contributed by atoms with Crippen molar-refractivity contribution in [3.8, 4) is 0 Å². The summed E-state index contributed by atoms with van der Waals surface area (Å²) in [5, 5.41) is 0. The Morgan fingerprint density at radius 3 is 0.721 bits per heavy atom. The van der Waals surface area contributed by atoms with Crippen molar-refractivity contribution in [2.75, 3.05) is 35.5 Å². The van der Waals surface area contributed by atoms with E-state index in [-0.39, 0.29) is 71.2 Å². The number of rotatable bonds is 18. The molecule has 1 fully saturated rings. The monoisotopic (exact) mass is 1720 g/mol. The summed E-state index contributed by atoms with van der Waals surface area (Å²) in [6.07, 6.45) is 30.0. The van der Waals surface area contributed by atoms with Crippen LogP contribution in [-0.2, 0) is 57.2 Å². The average Bonchev–Trinajstić information content (AvgIpc) is 0.721. The summed E-state index contributed by atoms with van der Waals surface area (Å²) in [7, 11) is 6.88. The van der Waals surface area contributed by atoms with E-state index in [0.29, 0.717) is 0 Å². The first-order valence-corrected chi connectivity index (χ1v) is 42.5. The van der Waals surface area contributed by atoms with Crippen LogP contribution in [0, 0.1) is 93.9 Å². The molecule has 1 heterocycles. The number of esters is 6. The number of hydrogen-bond acceptors (Lipinski definition) is 14. The molecule has 0 aromatic heterocycles. The van der Waals surface area contributed by atoms with E-state index in [4.69, 9.17) is 14.2 Å². The number of benzene rings is 11. The normalized spacial score (nSPS) is 15.4. The Kier molecular flexibility index (Phi) is 42.1. The van der Waals surface area contributed by atoms with Gasteiger partial charge >= 0.3 is 35.8 Å². The molecule has 14 rings (SSSR count). The summed E-state index contributed by atoms with van der Waals surface area (Å²) in [4.78, 5) is 92.1. The van der Waals surface area contributed by atoms with E-state index in [1.54, 1.807) is 30.4 Å². The number of aryl methyl sites for hydroxylation is 11. The fraction of sp³-hybridized carbons (Fsp3) is 0.200. The quantitative estimate of drug-likeness (QED) is 0.0259. The van der Waals surface area contributed by atoms with Crippen LogP contribution >= 0.6 is 0 Å². The zero-order valence-electron chi connectivity index (χ0n) is 76.9. The van der Waals surface area contributed by atoms with Crippen molar-refractivity contribution in [2.45, 2.75) is 101 Å². The van der Waals surface area contributed by atoms with Crippen LogP contribution in [0.15, 0.2) is 333 Å². The molecule has 1 saturated carbocycles. The van der Waals surface area contributed by atoms with Crippen LogP contribution in [0.5, 0.6) is 0 Å². The fourth-order valence-corrected chi connectivity index (χ4v) is 13.1. The Labute approximate surface area is 762 Å². The minimum Gasteiger partial charge on any atom is -0.469 e. The lowest BCUT2D eigenvalue weighted by molar-refractivity contribution is -0.164. The molecular formula is C115H118O14. The topological polar surface area (TPSA) is 192 Å². The maximum atomic E-state index is 12.6. The van der Waals surface area contributed by atoms with Gasteiger partial charge in [-0.1, -0.05) is 376 Å². The predicted octanol–water partition coefficient (Wildman–Crippen LogP) is 24.8. The Bertz CT molecular complexity index is 5330. The average molecular weight is 1720 g/mol. The highest BCUT2D eigenvalue weighted by Crippen LogP contribution is 2.58. The molecule has 0 amide bonds. The summed E-state index contributed by atoms with van der Waals surface area (Å²) in [5.74, 6) is -2.81. The Morgan fingerprint density at radius 2 is 0.481 bits per heavy atom. The van der Waals surface area contributed by atoms with E-state index in [1.165, 1.54) is 110 Å². The molecule has 3 aliphatic rings. The van der Waals surface area contributed by atoms with Gasteiger partial charge in [0.25, 0.3) is 0 Å². The highest BCUT2D eigenvalue weighted by molar-refractivity contribution is 6.07. The summed E-state index contributed by atoms with van der Waals surface area (Å²) >= 11 is 0. The van der Waals surface area contributed by atoms with Gasteiger partial charge in [0.2, 0.25) is 0 Å². The number of ketones is 2. The van der Waals surface area contributed by atoms with Crippen molar-refractivity contribution in [1.82, 2.24) is 0 Å². The molecule has 0 N–H and O–H groups in total. The van der Waals surface area contributed by atoms with E-state index in [2.05, 4.69) is 94.8 Å². The first-order valence-electron chi connectivity index (χ1n) is 42.5. The largest absolute Gasteiger partial charge is 0.469 e. The molecule has 0 radical (unpaired) electrons. The minimum atomic E-state index is -0.408. The molecule has 0 bridgehead atoms. The molecule has 0 saturated heterocycles. The van der Waals surface area contributed by atoms with Gasteiger partial charge in [-0.2, -0.15) is 0 Å². The minimum absolute atomic E-state index is 0.0376. The van der Waals surface area contributed by atoms with Crippen LogP contribution in [0.3, 0.4) is 0 Å². The van der Waals surface area contributed by atoms with Crippen LogP contribution in [0.4, 0.5) is 0 Å². The van der Waals surface area contributed by atoms with Crippen molar-refractivity contribution >= 4 is 89.9 Å². The summed E-state index contributed by atoms with van der Waals surface area (Å²) in [6.45, 7) is 24.4. The number of ether oxygens (including phenoxy) is 6. The van der Waals surface area contributed by atoms with E-state index in [9.17, 15) is 38.4 Å². The molecule has 14 heteroatoms. The molecule has 129 heavy (non-hydrogen) atoms. The smallest absolute Gasteiger partial charge is 0.331 e. The van der Waals surface area contributed by atoms with Crippen molar-refractivity contribution in [2.24, 2.45) is 17.8 Å². The highest BCUT2D eigenvalue weighted by Gasteiger charge is 2.59. The zero-order valence-corrected chi connectivity index (χ0v) is 76.9. The lowest BCUT2D eigenvalue weighted by Crippen LogP contribution is -2.51. The first-order chi connectivity index (χ1) is 61.9. The molecule has 2 aliphatic carbocycles. The lowest BCUT2D eigenvalue weighted by atomic mass is 9.52. The third-order valence-electron chi connectivity index (χ3n) is 20.9. The van der Waals surface area contributed by atoms with Gasteiger partial charge in [0, 0.05) is 53.2 Å². The van der Waals surface area contributed by atoms with Crippen molar-refractivity contribution in [3.05, 3.63) is 456 Å². The maximum absolute atomic E-state index is 12.6. The van der Waals surface area contributed by atoms with Gasteiger partial charge in [0.15, 0.2) is 11.6 Å². The SMILES string of the molecule is CC1=CC2OC(=O)C=CC2C=C1.COC(=O)/C=C/c1ccc(C)cc1.COC(=O)/C=C/c1ccc(C)cc1.COC(=O)/C=C\c1ccc(C)cc1.COC(=O)C1C(c2ccc(C)cc2)C(C(=O)OC)C1c1ccc(C)cc1.Cc1ccc(/C=C/C(=O)c2ccc(C)cc2)cc1.Cc1ccc(/C=C/C(=O)c2ccc(C)cc2)cc1.Cc1ccc(/C=C/c2ccc(C)cc2)cc1. The number of carbonyl (C=O) groups excluding carboxylic acids is 8. The van der Waals surface area contributed by atoms with Crippen LogP contribution in [0.2, 0.25) is 0 Å². The summed E-state index contributed by atoms with van der Waals surface area (Å²) in [6, 6.07) is 88.1. The molecule has 662 valence electrons. The maximum Gasteiger partial charge on any atom is 0.331 e. The molecule has 2 atom stereocenters. The Hall–Kier alpha value is -14.8. The molecule has 1 aliphatic heterocycles. The van der Waals surface area contributed by atoms with Crippen molar-refractivity contribution < 1.29 is 66.8 Å². The molecule has 0 spiro atoms. The molecular weight excluding hydrogens is 1610 g/mol. The second kappa shape index (κ2) is 53.5. The van der Waals surface area contributed by atoms with Crippen molar-refractivity contribution in [1.29, 1.82) is 0 Å². The number of hydrogen-bond donors (Lipinski definition) is 0. The lowest BCUT2D eigenvalue weighted by Gasteiger charge is -2.49. The Balaban J connectivity index is 0.000000205. The van der Waals surface area contributed by atoms with Gasteiger partial charge in [0.1, 0.15) is 6.10 Å². The Morgan fingerprint density at radius 1 is 0.264 bits per heavy atom. The van der Waals surface area contributed by atoms with Gasteiger partial charge in [-0.15, -0.1) is 0 Å². The van der Waals surface area contributed by atoms with Crippen LogP contribution in [0.1, 0.15) is 151 Å². The molecule has 14 nitrogen and oxygen atoms in total. The molecule has 2 unspecified atom stereocenters. The molecule has 11 aromatic rings. The van der Waals surface area contributed by atoms with Gasteiger partial charge in [-0.25, -0.2) is 19.2 Å². The number of allylic oxidation sites excluding steroid dienone is 4. The fourth-order valence-electron chi connectivity index (χ4n) is 13.1. The number of carbonyl (C=O) groups is 8. The predicted molar refractivity (Wildman–Crippen MR) is 524 cm³/mol. The molecule has 11 aromatic carbocycles. The second-order valence-electron chi connectivity index (χ2n) is 31.5. The van der Waals surface area contributed by atoms with Gasteiger partial charge < -0.3 is 28.4 Å². The second-order valence-corrected chi connectivity index (χ2v) is 31.5. The van der Waals surface area contributed by atoms with Gasteiger partial charge in [-0.3, -0.25) is 19.2 Å². The zero-order chi connectivity index (χ0) is 93.7. The number of fused-ring (bicyclic) bond motifs is 1. The van der Waals surface area contributed by atoms with E-state index < -0.39 is 11.8 Å². The third-order valence-corrected chi connectivity index (χ3v) is 20.9. The van der Waals surface area contributed by atoms with Crippen LogP contribution in [-0.4, -0.2) is 89.0 Å².